The van der Waals surface area contributed by atoms with Crippen molar-refractivity contribution < 1.29 is 14.2 Å². The summed E-state index contributed by atoms with van der Waals surface area (Å²) in [5.74, 6) is 1.90. The number of fused-ring (bicyclic) bond motifs is 3. The third-order valence-corrected chi connectivity index (χ3v) is 4.63. The van der Waals surface area contributed by atoms with Crippen LogP contribution in [0, 0.1) is 0 Å². The highest BCUT2D eigenvalue weighted by atomic mass is 16.5. The maximum absolute atomic E-state index is 5.95. The third kappa shape index (κ3) is 2.60. The lowest BCUT2D eigenvalue weighted by atomic mass is 9.82. The Morgan fingerprint density at radius 3 is 2.86 bits per heavy atom. The molecule has 0 radical (unpaired) electrons. The number of hydrogen-bond donors (Lipinski definition) is 0. The van der Waals surface area contributed by atoms with Crippen molar-refractivity contribution in [2.24, 2.45) is 4.99 Å². The van der Waals surface area contributed by atoms with Crippen molar-refractivity contribution in [3.63, 3.8) is 0 Å². The summed E-state index contributed by atoms with van der Waals surface area (Å²) in [6, 6.07) is 4.33. The van der Waals surface area contributed by atoms with Crippen molar-refractivity contribution in [3.05, 3.63) is 23.3 Å². The van der Waals surface area contributed by atoms with Crippen molar-refractivity contribution in [2.45, 2.75) is 51.2 Å². The molecule has 0 aromatic heterocycles. The second-order valence-corrected chi connectivity index (χ2v) is 6.58. The monoisotopic (exact) mass is 303 g/mol. The van der Waals surface area contributed by atoms with E-state index in [-0.39, 0.29) is 11.6 Å². The van der Waals surface area contributed by atoms with E-state index in [1.165, 1.54) is 5.56 Å². The molecule has 0 spiro atoms. The minimum absolute atomic E-state index is 0.178. The van der Waals surface area contributed by atoms with E-state index in [9.17, 15) is 0 Å². The fourth-order valence-electron chi connectivity index (χ4n) is 3.29. The second-order valence-electron chi connectivity index (χ2n) is 6.58. The van der Waals surface area contributed by atoms with Crippen LogP contribution >= 0.6 is 0 Å². The van der Waals surface area contributed by atoms with Gasteiger partial charge in [-0.3, -0.25) is 4.99 Å². The molecule has 0 amide bonds. The Kier molecular flexibility index (Phi) is 4.13. The summed E-state index contributed by atoms with van der Waals surface area (Å²) >= 11 is 0. The first kappa shape index (κ1) is 15.3. The van der Waals surface area contributed by atoms with Crippen LogP contribution in [-0.4, -0.2) is 38.2 Å². The van der Waals surface area contributed by atoms with Crippen LogP contribution in [0.5, 0.6) is 11.5 Å². The van der Waals surface area contributed by atoms with Gasteiger partial charge in [-0.15, -0.1) is 0 Å². The summed E-state index contributed by atoms with van der Waals surface area (Å²) in [6.07, 6.45) is 4.11. The van der Waals surface area contributed by atoms with Gasteiger partial charge < -0.3 is 14.2 Å². The van der Waals surface area contributed by atoms with Crippen LogP contribution in [0.1, 0.15) is 50.7 Å². The Hall–Kier alpha value is -1.55. The molecule has 1 saturated heterocycles. The first-order chi connectivity index (χ1) is 10.6. The fraction of sp³-hybridized carbons (Fsp3) is 0.611. The maximum Gasteiger partial charge on any atom is 0.161 e. The van der Waals surface area contributed by atoms with Crippen LogP contribution in [0.4, 0.5) is 0 Å². The molecule has 2 aliphatic rings. The molecule has 2 unspecified atom stereocenters. The van der Waals surface area contributed by atoms with Gasteiger partial charge in [0.05, 0.1) is 32.0 Å². The molecule has 1 fully saturated rings. The summed E-state index contributed by atoms with van der Waals surface area (Å²) < 4.78 is 17.4. The quantitative estimate of drug-likeness (QED) is 0.781. The molecule has 4 heteroatoms. The lowest BCUT2D eigenvalue weighted by molar-refractivity contribution is 0.0286. The molecule has 0 saturated carbocycles. The summed E-state index contributed by atoms with van der Waals surface area (Å²) in [7, 11) is 1.68. The number of aliphatic imine (C=N–C) groups is 1. The molecular weight excluding hydrogens is 278 g/mol. The average Bonchev–Trinajstić information content (AvgIpc) is 2.82. The zero-order valence-electron chi connectivity index (χ0n) is 13.9. The van der Waals surface area contributed by atoms with Crippen molar-refractivity contribution in [2.75, 3.05) is 20.3 Å². The third-order valence-electron chi connectivity index (χ3n) is 4.63. The van der Waals surface area contributed by atoms with Crippen LogP contribution in [0.15, 0.2) is 17.1 Å². The minimum Gasteiger partial charge on any atom is -0.493 e. The van der Waals surface area contributed by atoms with Gasteiger partial charge in [-0.2, -0.15) is 0 Å². The molecule has 22 heavy (non-hydrogen) atoms. The van der Waals surface area contributed by atoms with E-state index >= 15 is 0 Å². The van der Waals surface area contributed by atoms with E-state index < -0.39 is 0 Å². The lowest BCUT2D eigenvalue weighted by Gasteiger charge is -2.29. The molecule has 3 rings (SSSR count). The van der Waals surface area contributed by atoms with Gasteiger partial charge in [0.15, 0.2) is 11.5 Å². The molecule has 0 N–H and O–H groups in total. The van der Waals surface area contributed by atoms with Gasteiger partial charge in [-0.25, -0.2) is 0 Å². The topological polar surface area (TPSA) is 40.0 Å². The molecule has 4 nitrogen and oxygen atoms in total. The lowest BCUT2D eigenvalue weighted by Crippen LogP contribution is -2.35. The van der Waals surface area contributed by atoms with E-state index in [4.69, 9.17) is 19.2 Å². The highest BCUT2D eigenvalue weighted by Gasteiger charge is 2.46. The largest absolute Gasteiger partial charge is 0.493 e. The zero-order valence-corrected chi connectivity index (χ0v) is 13.9. The molecule has 2 heterocycles. The van der Waals surface area contributed by atoms with E-state index in [1.807, 2.05) is 12.3 Å². The summed E-state index contributed by atoms with van der Waals surface area (Å²) in [6.45, 7) is 7.81. The smallest absolute Gasteiger partial charge is 0.161 e. The van der Waals surface area contributed by atoms with Crippen molar-refractivity contribution in [1.82, 2.24) is 0 Å². The molecule has 0 aliphatic carbocycles. The molecule has 0 bridgehead atoms. The zero-order chi connectivity index (χ0) is 15.7. The first-order valence-corrected chi connectivity index (χ1v) is 8.08. The molecule has 2 aliphatic heterocycles. The highest BCUT2D eigenvalue weighted by molar-refractivity contribution is 5.85. The Morgan fingerprint density at radius 2 is 2.14 bits per heavy atom. The van der Waals surface area contributed by atoms with Crippen LogP contribution < -0.4 is 9.47 Å². The van der Waals surface area contributed by atoms with Crippen LogP contribution in [0.3, 0.4) is 0 Å². The van der Waals surface area contributed by atoms with Crippen molar-refractivity contribution >= 4 is 6.21 Å². The predicted molar refractivity (Wildman–Crippen MR) is 87.6 cm³/mol. The summed E-state index contributed by atoms with van der Waals surface area (Å²) in [4.78, 5) is 4.72. The van der Waals surface area contributed by atoms with Gasteiger partial charge >= 0.3 is 0 Å². The number of ether oxygens (including phenoxy) is 3. The van der Waals surface area contributed by atoms with E-state index in [0.717, 1.165) is 36.5 Å². The van der Waals surface area contributed by atoms with Gasteiger partial charge in [0.2, 0.25) is 0 Å². The van der Waals surface area contributed by atoms with Gasteiger partial charge in [0.1, 0.15) is 0 Å². The Bertz CT molecular complexity index is 580. The average molecular weight is 303 g/mol. The van der Waals surface area contributed by atoms with Gasteiger partial charge in [0.25, 0.3) is 0 Å². The number of unbranched alkanes of at least 4 members (excludes halogenated alkanes) is 1. The van der Waals surface area contributed by atoms with E-state index in [2.05, 4.69) is 26.8 Å². The van der Waals surface area contributed by atoms with Crippen molar-refractivity contribution in [1.29, 1.82) is 0 Å². The first-order valence-electron chi connectivity index (χ1n) is 8.08. The number of rotatable bonds is 5. The SMILES string of the molecule is CCCCOc1cc2c(cc1OC)C=NC1C2COC1(C)C. The van der Waals surface area contributed by atoms with Gasteiger partial charge in [0, 0.05) is 12.1 Å². The molecule has 120 valence electrons. The standard InChI is InChI=1S/C18H25NO3/c1-5-6-7-21-16-9-13-12(8-15(16)20-4)10-19-17-14(13)11-22-18(17,2)3/h8-10,14,17H,5-7,11H2,1-4H3. The Balaban J connectivity index is 1.94. The summed E-state index contributed by atoms with van der Waals surface area (Å²) in [5, 5.41) is 0. The van der Waals surface area contributed by atoms with Crippen LogP contribution in [-0.2, 0) is 4.74 Å². The van der Waals surface area contributed by atoms with Crippen LogP contribution in [0.2, 0.25) is 0 Å². The van der Waals surface area contributed by atoms with E-state index in [0.29, 0.717) is 12.5 Å². The number of nitrogens with zero attached hydrogens (tertiary/aromatic N) is 1. The Morgan fingerprint density at radius 1 is 1.32 bits per heavy atom. The number of methoxy groups -OCH3 is 1. The second kappa shape index (κ2) is 5.92. The van der Waals surface area contributed by atoms with Crippen LogP contribution in [0.25, 0.3) is 0 Å². The number of benzene rings is 1. The van der Waals surface area contributed by atoms with Gasteiger partial charge in [-0.05, 0) is 43.5 Å². The highest BCUT2D eigenvalue weighted by Crippen LogP contribution is 2.44. The maximum atomic E-state index is 5.95. The molecule has 2 atom stereocenters. The number of hydrogen-bond acceptors (Lipinski definition) is 4. The molecule has 1 aromatic rings. The normalized spacial score (nSPS) is 24.7. The summed E-state index contributed by atoms with van der Waals surface area (Å²) in [5.41, 5.74) is 2.17. The fourth-order valence-corrected chi connectivity index (χ4v) is 3.29. The predicted octanol–water partition coefficient (Wildman–Crippen LogP) is 3.57. The van der Waals surface area contributed by atoms with E-state index in [1.54, 1.807) is 7.11 Å². The molecule has 1 aromatic carbocycles. The van der Waals surface area contributed by atoms with Gasteiger partial charge in [-0.1, -0.05) is 13.3 Å². The molecular formula is C18H25NO3. The minimum atomic E-state index is -0.206. The Labute approximate surface area is 132 Å². The van der Waals surface area contributed by atoms with Crippen molar-refractivity contribution in [3.8, 4) is 11.5 Å².